The maximum absolute atomic E-state index is 10.8. The Kier molecular flexibility index (Phi) is 3.63. The lowest BCUT2D eigenvalue weighted by Gasteiger charge is -2.13. The lowest BCUT2D eigenvalue weighted by atomic mass is 10.0. The molecule has 0 spiro atoms. The van der Waals surface area contributed by atoms with Crippen molar-refractivity contribution in [2.75, 3.05) is 0 Å². The van der Waals surface area contributed by atoms with Crippen molar-refractivity contribution >= 4 is 11.1 Å². The van der Waals surface area contributed by atoms with E-state index >= 15 is 0 Å². The van der Waals surface area contributed by atoms with Gasteiger partial charge in [0.05, 0.1) is 0 Å². The molecule has 13 heavy (non-hydrogen) atoms. The minimum atomic E-state index is -2.10. The molecule has 0 aromatic heterocycles. The van der Waals surface area contributed by atoms with Crippen molar-refractivity contribution in [3.63, 3.8) is 0 Å². The Hall–Kier alpha value is -0.670. The molecule has 0 radical (unpaired) electrons. The monoisotopic (exact) mass is 197 g/mol. The lowest BCUT2D eigenvalue weighted by Crippen LogP contribution is -1.99. The van der Waals surface area contributed by atoms with Gasteiger partial charge in [-0.15, -0.1) is 0 Å². The zero-order valence-corrected chi connectivity index (χ0v) is 8.69. The molecule has 0 fully saturated rings. The molecule has 0 amide bonds. The van der Waals surface area contributed by atoms with Crippen molar-refractivity contribution in [1.29, 1.82) is 0 Å². The van der Waals surface area contributed by atoms with Gasteiger partial charge in [0.2, 0.25) is 0 Å². The van der Waals surface area contributed by atoms with E-state index < -0.39 is 11.1 Å². The van der Waals surface area contributed by atoms with Gasteiger partial charge in [0.15, 0.2) is 0 Å². The molecule has 1 rings (SSSR count). The average Bonchev–Trinajstić information content (AvgIpc) is 2.16. The molecule has 0 bridgehead atoms. The average molecular weight is 197 g/mol. The second-order valence-corrected chi connectivity index (χ2v) is 3.74. The first-order valence-corrected chi connectivity index (χ1v) is 5.48. The maximum atomic E-state index is 10.8. The van der Waals surface area contributed by atoms with Gasteiger partial charge in [-0.25, -0.2) is 0 Å². The Labute approximate surface area is 81.3 Å². The summed E-state index contributed by atoms with van der Waals surface area (Å²) >= 11 is -2.10. The van der Waals surface area contributed by atoms with E-state index in [2.05, 4.69) is 0 Å². The zero-order valence-electron chi connectivity index (χ0n) is 7.87. The fourth-order valence-electron chi connectivity index (χ4n) is 1.50. The second kappa shape index (κ2) is 4.53. The third kappa shape index (κ3) is 2.17. The van der Waals surface area contributed by atoms with Crippen LogP contribution >= 0.6 is 0 Å². The Morgan fingerprint density at radius 1 is 1.31 bits per heavy atom. The van der Waals surface area contributed by atoms with Crippen LogP contribution < -0.4 is 0 Å². The molecule has 0 saturated carbocycles. The van der Waals surface area contributed by atoms with Crippen LogP contribution in [0.3, 0.4) is 0 Å². The zero-order chi connectivity index (χ0) is 9.84. The van der Waals surface area contributed by atoms with E-state index in [9.17, 15) is 8.76 Å². The first-order valence-electron chi connectivity index (χ1n) is 4.40. The fraction of sp³-hybridized carbons (Fsp3) is 0.400. The molecule has 0 aliphatic heterocycles. The minimum Gasteiger partial charge on any atom is -0.768 e. The van der Waals surface area contributed by atoms with Gasteiger partial charge in [0.25, 0.3) is 0 Å². The lowest BCUT2D eigenvalue weighted by molar-refractivity contribution is 0.536. The molecule has 1 aromatic rings. The molecule has 72 valence electrons. The normalized spacial score (nSPS) is 12.8. The summed E-state index contributed by atoms with van der Waals surface area (Å²) < 4.78 is 21.7. The number of hydrogen-bond donors (Lipinski definition) is 0. The molecule has 1 atom stereocenters. The topological polar surface area (TPSA) is 40.1 Å². The Morgan fingerprint density at radius 3 is 2.46 bits per heavy atom. The van der Waals surface area contributed by atoms with Crippen LogP contribution in [0, 0.1) is 0 Å². The highest BCUT2D eigenvalue weighted by atomic mass is 32.2. The van der Waals surface area contributed by atoms with E-state index in [0.717, 1.165) is 24.0 Å². The number of aryl methyl sites for hydroxylation is 1. The predicted molar refractivity (Wildman–Crippen MR) is 52.4 cm³/mol. The van der Waals surface area contributed by atoms with Gasteiger partial charge >= 0.3 is 0 Å². The standard InChI is InChI=1S/C10H14O2S/c1-3-8-6-5-7-10(13(11)12)9(8)4-2/h5-7H,3-4H2,1-2H3,(H,11,12)/p-1. The Morgan fingerprint density at radius 2 is 2.00 bits per heavy atom. The van der Waals surface area contributed by atoms with Crippen molar-refractivity contribution in [2.24, 2.45) is 0 Å². The Balaban J connectivity index is 3.27. The molecule has 0 aliphatic rings. The first kappa shape index (κ1) is 10.4. The number of rotatable bonds is 3. The van der Waals surface area contributed by atoms with Crippen LogP contribution in [0.5, 0.6) is 0 Å². The summed E-state index contributed by atoms with van der Waals surface area (Å²) in [4.78, 5) is 0.446. The van der Waals surface area contributed by atoms with Crippen molar-refractivity contribution in [2.45, 2.75) is 31.6 Å². The molecular weight excluding hydrogens is 184 g/mol. The van der Waals surface area contributed by atoms with E-state index in [0.29, 0.717) is 4.90 Å². The summed E-state index contributed by atoms with van der Waals surface area (Å²) in [6.45, 7) is 4.01. The summed E-state index contributed by atoms with van der Waals surface area (Å²) in [6, 6.07) is 5.43. The summed E-state index contributed by atoms with van der Waals surface area (Å²) in [7, 11) is 0. The number of benzene rings is 1. The second-order valence-electron chi connectivity index (χ2n) is 2.84. The van der Waals surface area contributed by atoms with Crippen molar-refractivity contribution in [3.8, 4) is 0 Å². The van der Waals surface area contributed by atoms with E-state index in [1.54, 1.807) is 12.1 Å². The third-order valence-corrected chi connectivity index (χ3v) is 2.89. The van der Waals surface area contributed by atoms with Gasteiger partial charge in [-0.05, 0) is 41.1 Å². The largest absolute Gasteiger partial charge is 0.768 e. The molecule has 1 unspecified atom stereocenters. The molecule has 0 saturated heterocycles. The maximum Gasteiger partial charge on any atom is 0.0283 e. The molecular formula is C10H13O2S-. The van der Waals surface area contributed by atoms with Crippen LogP contribution in [-0.2, 0) is 23.9 Å². The van der Waals surface area contributed by atoms with Crippen LogP contribution in [0.1, 0.15) is 25.0 Å². The molecule has 0 N–H and O–H groups in total. The van der Waals surface area contributed by atoms with Crippen LogP contribution in [0.2, 0.25) is 0 Å². The summed E-state index contributed by atoms with van der Waals surface area (Å²) in [6.07, 6.45) is 1.65. The van der Waals surface area contributed by atoms with Gasteiger partial charge in [-0.1, -0.05) is 26.0 Å². The smallest absolute Gasteiger partial charge is 0.0283 e. The highest BCUT2D eigenvalue weighted by molar-refractivity contribution is 7.79. The van der Waals surface area contributed by atoms with E-state index in [4.69, 9.17) is 0 Å². The quantitative estimate of drug-likeness (QED) is 0.696. The molecule has 2 nitrogen and oxygen atoms in total. The van der Waals surface area contributed by atoms with Gasteiger partial charge < -0.3 is 4.55 Å². The molecule has 1 aromatic carbocycles. The Bertz CT molecular complexity index is 321. The van der Waals surface area contributed by atoms with Crippen LogP contribution in [0.25, 0.3) is 0 Å². The van der Waals surface area contributed by atoms with Crippen LogP contribution in [0.15, 0.2) is 23.1 Å². The van der Waals surface area contributed by atoms with Crippen LogP contribution in [-0.4, -0.2) is 8.76 Å². The SMILES string of the molecule is CCc1cccc(S(=O)[O-])c1CC. The van der Waals surface area contributed by atoms with Gasteiger partial charge in [-0.3, -0.25) is 4.21 Å². The molecule has 3 heteroatoms. The number of hydrogen-bond acceptors (Lipinski definition) is 2. The summed E-state index contributed by atoms with van der Waals surface area (Å²) in [5.41, 5.74) is 2.09. The van der Waals surface area contributed by atoms with Crippen molar-refractivity contribution in [1.82, 2.24) is 0 Å². The highest BCUT2D eigenvalue weighted by Crippen LogP contribution is 2.18. The van der Waals surface area contributed by atoms with Gasteiger partial charge in [0.1, 0.15) is 0 Å². The summed E-state index contributed by atoms with van der Waals surface area (Å²) in [5.74, 6) is 0. The van der Waals surface area contributed by atoms with Crippen molar-refractivity contribution < 1.29 is 8.76 Å². The van der Waals surface area contributed by atoms with E-state index in [1.165, 1.54) is 0 Å². The van der Waals surface area contributed by atoms with Crippen LogP contribution in [0.4, 0.5) is 0 Å². The van der Waals surface area contributed by atoms with E-state index in [-0.39, 0.29) is 0 Å². The van der Waals surface area contributed by atoms with Crippen molar-refractivity contribution in [3.05, 3.63) is 29.3 Å². The highest BCUT2D eigenvalue weighted by Gasteiger charge is 2.04. The fourth-order valence-corrected chi connectivity index (χ4v) is 2.17. The van der Waals surface area contributed by atoms with Gasteiger partial charge in [0, 0.05) is 4.90 Å². The first-order chi connectivity index (χ1) is 6.20. The molecule has 0 heterocycles. The summed E-state index contributed by atoms with van der Waals surface area (Å²) in [5, 5.41) is 0. The molecule has 0 aliphatic carbocycles. The van der Waals surface area contributed by atoms with E-state index in [1.807, 2.05) is 19.9 Å². The minimum absolute atomic E-state index is 0.446. The predicted octanol–water partition coefficient (Wildman–Crippen LogP) is 2.05. The third-order valence-electron chi connectivity index (χ3n) is 2.14. The van der Waals surface area contributed by atoms with Gasteiger partial charge in [-0.2, -0.15) is 0 Å².